The van der Waals surface area contributed by atoms with Gasteiger partial charge in [-0.05, 0) is 24.6 Å². The molecule has 3 heterocycles. The van der Waals surface area contributed by atoms with E-state index in [-0.39, 0.29) is 0 Å². The molecule has 1 N–H and O–H groups in total. The third-order valence-electron chi connectivity index (χ3n) is 4.81. The lowest BCUT2D eigenvalue weighted by atomic mass is 10.1. The van der Waals surface area contributed by atoms with E-state index in [0.717, 1.165) is 22.6 Å². The standard InChI is InChI=1S/C23H19N5OS/c1-15-8-10-16(11-9-15)14-30-23-26-22-20(27-28-23)18-6-2-3-7-19(18)25-21(29-22)17-5-4-12-24-13-17/h2-13,21,25H,14H2,1H3. The van der Waals surface area contributed by atoms with E-state index in [1.165, 1.54) is 22.9 Å². The summed E-state index contributed by atoms with van der Waals surface area (Å²) < 4.78 is 6.26. The van der Waals surface area contributed by atoms with Crippen molar-refractivity contribution in [2.45, 2.75) is 24.1 Å². The molecule has 4 aromatic rings. The number of thioether (sulfide) groups is 1. The van der Waals surface area contributed by atoms with Crippen LogP contribution in [0, 0.1) is 6.92 Å². The molecule has 1 atom stereocenters. The van der Waals surface area contributed by atoms with Crippen molar-refractivity contribution in [3.63, 3.8) is 0 Å². The van der Waals surface area contributed by atoms with Crippen LogP contribution in [0.4, 0.5) is 5.69 Å². The first-order chi connectivity index (χ1) is 14.8. The Labute approximate surface area is 178 Å². The first-order valence-electron chi connectivity index (χ1n) is 9.62. The van der Waals surface area contributed by atoms with Gasteiger partial charge in [0.2, 0.25) is 11.0 Å². The van der Waals surface area contributed by atoms with Crippen molar-refractivity contribution in [3.8, 4) is 17.1 Å². The van der Waals surface area contributed by atoms with Gasteiger partial charge >= 0.3 is 0 Å². The molecule has 1 aliphatic rings. The quantitative estimate of drug-likeness (QED) is 0.470. The number of benzene rings is 2. The molecule has 0 spiro atoms. The van der Waals surface area contributed by atoms with Gasteiger partial charge in [0.15, 0.2) is 11.9 Å². The normalized spacial score (nSPS) is 14.6. The molecule has 1 unspecified atom stereocenters. The fourth-order valence-electron chi connectivity index (χ4n) is 3.22. The predicted molar refractivity (Wildman–Crippen MR) is 117 cm³/mol. The van der Waals surface area contributed by atoms with Gasteiger partial charge in [0.25, 0.3) is 0 Å². The molecule has 0 radical (unpaired) electrons. The van der Waals surface area contributed by atoms with Gasteiger partial charge in [0.05, 0.1) is 0 Å². The minimum absolute atomic E-state index is 0.423. The monoisotopic (exact) mass is 413 g/mol. The Morgan fingerprint density at radius 1 is 1.00 bits per heavy atom. The molecule has 0 amide bonds. The van der Waals surface area contributed by atoms with Crippen molar-refractivity contribution in [3.05, 3.63) is 89.7 Å². The second-order valence-corrected chi connectivity index (χ2v) is 7.94. The number of anilines is 1. The average Bonchev–Trinajstić information content (AvgIpc) is 2.96. The van der Waals surface area contributed by atoms with Gasteiger partial charge in [0.1, 0.15) is 0 Å². The van der Waals surface area contributed by atoms with Crippen LogP contribution in [0.1, 0.15) is 22.9 Å². The fourth-order valence-corrected chi connectivity index (χ4v) is 3.96. The molecule has 2 aromatic carbocycles. The molecule has 0 bridgehead atoms. The third-order valence-corrected chi connectivity index (χ3v) is 5.72. The van der Waals surface area contributed by atoms with Crippen LogP contribution >= 0.6 is 11.8 Å². The van der Waals surface area contributed by atoms with Crippen LogP contribution in [-0.4, -0.2) is 20.2 Å². The molecular formula is C23H19N5OS. The summed E-state index contributed by atoms with van der Waals surface area (Å²) >= 11 is 1.54. The molecule has 2 aromatic heterocycles. The van der Waals surface area contributed by atoms with E-state index < -0.39 is 6.23 Å². The predicted octanol–water partition coefficient (Wildman–Crippen LogP) is 5.04. The van der Waals surface area contributed by atoms with Crippen LogP contribution in [0.15, 0.2) is 78.2 Å². The summed E-state index contributed by atoms with van der Waals surface area (Å²) in [5.41, 5.74) is 5.82. The third kappa shape index (κ3) is 3.84. The van der Waals surface area contributed by atoms with E-state index in [1.54, 1.807) is 12.4 Å². The number of pyridine rings is 1. The van der Waals surface area contributed by atoms with Gasteiger partial charge in [0, 0.05) is 35.0 Å². The molecule has 0 saturated carbocycles. The smallest absolute Gasteiger partial charge is 0.247 e. The SMILES string of the molecule is Cc1ccc(CSc2nnc3c(n2)OC(c2cccnc2)Nc2ccccc2-3)cc1. The Morgan fingerprint density at radius 3 is 2.70 bits per heavy atom. The van der Waals surface area contributed by atoms with E-state index in [4.69, 9.17) is 4.74 Å². The molecule has 30 heavy (non-hydrogen) atoms. The van der Waals surface area contributed by atoms with Gasteiger partial charge in [-0.2, -0.15) is 4.98 Å². The number of aromatic nitrogens is 4. The molecule has 0 aliphatic carbocycles. The Hall–Kier alpha value is -3.45. The molecule has 148 valence electrons. The van der Waals surface area contributed by atoms with E-state index in [9.17, 15) is 0 Å². The first kappa shape index (κ1) is 18.6. The molecular weight excluding hydrogens is 394 g/mol. The Kier molecular flexibility index (Phi) is 5.03. The zero-order valence-corrected chi connectivity index (χ0v) is 17.1. The minimum atomic E-state index is -0.423. The molecule has 0 saturated heterocycles. The summed E-state index contributed by atoms with van der Waals surface area (Å²) in [7, 11) is 0. The fraction of sp³-hybridized carbons (Fsp3) is 0.130. The summed E-state index contributed by atoms with van der Waals surface area (Å²) in [4.78, 5) is 8.90. The van der Waals surface area contributed by atoms with E-state index in [2.05, 4.69) is 56.7 Å². The van der Waals surface area contributed by atoms with Crippen LogP contribution in [0.2, 0.25) is 0 Å². The number of nitrogens with zero attached hydrogens (tertiary/aromatic N) is 4. The number of hydrogen-bond donors (Lipinski definition) is 1. The molecule has 6 nitrogen and oxygen atoms in total. The average molecular weight is 414 g/mol. The summed E-state index contributed by atoms with van der Waals surface area (Å²) in [5, 5.41) is 12.8. The van der Waals surface area contributed by atoms with Crippen LogP contribution in [0.25, 0.3) is 11.3 Å². The Morgan fingerprint density at radius 2 is 1.87 bits per heavy atom. The Balaban J connectivity index is 1.48. The van der Waals surface area contributed by atoms with Crippen LogP contribution < -0.4 is 10.1 Å². The lowest BCUT2D eigenvalue weighted by molar-refractivity contribution is 0.225. The minimum Gasteiger partial charge on any atom is -0.448 e. The number of rotatable bonds is 4. The topological polar surface area (TPSA) is 72.8 Å². The summed E-state index contributed by atoms with van der Waals surface area (Å²) in [6.07, 6.45) is 3.10. The molecule has 7 heteroatoms. The van der Waals surface area contributed by atoms with Crippen molar-refractivity contribution >= 4 is 17.4 Å². The van der Waals surface area contributed by atoms with Gasteiger partial charge in [-0.3, -0.25) is 4.98 Å². The second kappa shape index (κ2) is 8.12. The number of ether oxygens (including phenoxy) is 1. The van der Waals surface area contributed by atoms with Crippen molar-refractivity contribution < 1.29 is 4.74 Å². The maximum atomic E-state index is 6.26. The van der Waals surface area contributed by atoms with E-state index in [1.807, 2.05) is 36.4 Å². The lowest BCUT2D eigenvalue weighted by Crippen LogP contribution is -2.17. The van der Waals surface area contributed by atoms with Crippen molar-refractivity contribution in [2.24, 2.45) is 0 Å². The van der Waals surface area contributed by atoms with Gasteiger partial charge in [-0.1, -0.05) is 65.9 Å². The highest BCUT2D eigenvalue weighted by atomic mass is 32.2. The lowest BCUT2D eigenvalue weighted by Gasteiger charge is -2.18. The zero-order chi connectivity index (χ0) is 20.3. The molecule has 1 aliphatic heterocycles. The number of fused-ring (bicyclic) bond motifs is 3. The number of nitrogens with one attached hydrogen (secondary N) is 1. The van der Waals surface area contributed by atoms with Gasteiger partial charge in [-0.15, -0.1) is 10.2 Å². The summed E-state index contributed by atoms with van der Waals surface area (Å²) in [5.74, 6) is 1.23. The van der Waals surface area contributed by atoms with Gasteiger partial charge in [-0.25, -0.2) is 0 Å². The van der Waals surface area contributed by atoms with Gasteiger partial charge < -0.3 is 10.1 Å². The van der Waals surface area contributed by atoms with Crippen LogP contribution in [-0.2, 0) is 5.75 Å². The van der Waals surface area contributed by atoms with Crippen LogP contribution in [0.5, 0.6) is 5.88 Å². The van der Waals surface area contributed by atoms with Crippen LogP contribution in [0.3, 0.4) is 0 Å². The van der Waals surface area contributed by atoms with E-state index in [0.29, 0.717) is 16.7 Å². The largest absolute Gasteiger partial charge is 0.448 e. The zero-order valence-electron chi connectivity index (χ0n) is 16.3. The van der Waals surface area contributed by atoms with Crippen molar-refractivity contribution in [2.75, 3.05) is 5.32 Å². The maximum absolute atomic E-state index is 6.26. The highest BCUT2D eigenvalue weighted by molar-refractivity contribution is 7.98. The number of hydrogen-bond acceptors (Lipinski definition) is 7. The molecule has 5 rings (SSSR count). The highest BCUT2D eigenvalue weighted by Crippen LogP contribution is 2.39. The summed E-state index contributed by atoms with van der Waals surface area (Å²) in [6.45, 7) is 2.08. The number of aryl methyl sites for hydroxylation is 1. The second-order valence-electron chi connectivity index (χ2n) is 7.00. The van der Waals surface area contributed by atoms with Crippen molar-refractivity contribution in [1.29, 1.82) is 0 Å². The number of para-hydroxylation sites is 1. The van der Waals surface area contributed by atoms with Crippen molar-refractivity contribution in [1.82, 2.24) is 20.2 Å². The molecule has 0 fully saturated rings. The van der Waals surface area contributed by atoms with E-state index >= 15 is 0 Å². The first-order valence-corrected chi connectivity index (χ1v) is 10.6. The maximum Gasteiger partial charge on any atom is 0.247 e. The summed E-state index contributed by atoms with van der Waals surface area (Å²) in [6, 6.07) is 20.2. The Bertz CT molecular complexity index is 1170. The highest BCUT2D eigenvalue weighted by Gasteiger charge is 2.26.